The number of fused-ring (bicyclic) bond motifs is 1. The average Bonchev–Trinajstić information content (AvgIpc) is 3.37. The Hall–Kier alpha value is -2.59. The minimum absolute atomic E-state index is 0.144. The summed E-state index contributed by atoms with van der Waals surface area (Å²) in [5.41, 5.74) is 3.39. The summed E-state index contributed by atoms with van der Waals surface area (Å²) >= 11 is 5.96. The van der Waals surface area contributed by atoms with Gasteiger partial charge in [-0.05, 0) is 61.6 Å². The molecule has 0 saturated heterocycles. The Kier molecular flexibility index (Phi) is 3.83. The number of hydrogen-bond donors (Lipinski definition) is 0. The molecular formula is C22H19ClN2O2. The molecule has 1 aromatic heterocycles. The van der Waals surface area contributed by atoms with Crippen molar-refractivity contribution >= 4 is 23.2 Å². The van der Waals surface area contributed by atoms with E-state index in [2.05, 4.69) is 11.2 Å². The highest BCUT2D eigenvalue weighted by molar-refractivity contribution is 6.30. The fraction of sp³-hybridized carbons (Fsp3) is 0.273. The number of aryl methyl sites for hydroxylation is 1. The molecule has 2 heterocycles. The van der Waals surface area contributed by atoms with Crippen LogP contribution in [0.15, 0.2) is 59.1 Å². The zero-order chi connectivity index (χ0) is 18.4. The maximum atomic E-state index is 13.5. The number of halogens is 1. The quantitative estimate of drug-likeness (QED) is 0.643. The summed E-state index contributed by atoms with van der Waals surface area (Å²) < 4.78 is 5.56. The molecule has 27 heavy (non-hydrogen) atoms. The van der Waals surface area contributed by atoms with E-state index >= 15 is 0 Å². The zero-order valence-electron chi connectivity index (χ0n) is 14.8. The van der Waals surface area contributed by atoms with Crippen molar-refractivity contribution in [2.24, 2.45) is 0 Å². The summed E-state index contributed by atoms with van der Waals surface area (Å²) in [7, 11) is 0. The van der Waals surface area contributed by atoms with Gasteiger partial charge < -0.3 is 9.42 Å². The molecule has 0 atom stereocenters. The van der Waals surface area contributed by atoms with Gasteiger partial charge in [-0.15, -0.1) is 0 Å². The van der Waals surface area contributed by atoms with Crippen LogP contribution in [0.25, 0.3) is 11.3 Å². The van der Waals surface area contributed by atoms with Crippen molar-refractivity contribution < 1.29 is 9.32 Å². The minimum atomic E-state index is -0.543. The van der Waals surface area contributed by atoms with Crippen LogP contribution < -0.4 is 4.90 Å². The Morgan fingerprint density at radius 3 is 2.67 bits per heavy atom. The van der Waals surface area contributed by atoms with Crippen LogP contribution in [0.1, 0.15) is 30.5 Å². The van der Waals surface area contributed by atoms with E-state index < -0.39 is 5.41 Å². The van der Waals surface area contributed by atoms with Gasteiger partial charge in [-0.2, -0.15) is 0 Å². The lowest BCUT2D eigenvalue weighted by molar-refractivity contribution is -0.121. The van der Waals surface area contributed by atoms with Crippen molar-refractivity contribution in [2.75, 3.05) is 11.4 Å². The summed E-state index contributed by atoms with van der Waals surface area (Å²) in [6, 6.07) is 17.5. The number of para-hydroxylation sites is 1. The predicted molar refractivity (Wildman–Crippen MR) is 105 cm³/mol. The van der Waals surface area contributed by atoms with Crippen molar-refractivity contribution in [1.29, 1.82) is 0 Å². The van der Waals surface area contributed by atoms with Crippen LogP contribution in [0.3, 0.4) is 0 Å². The summed E-state index contributed by atoms with van der Waals surface area (Å²) in [5, 5.41) is 4.94. The van der Waals surface area contributed by atoms with E-state index in [0.717, 1.165) is 49.2 Å². The number of carbonyl (C=O) groups is 1. The largest absolute Gasteiger partial charge is 0.356 e. The van der Waals surface area contributed by atoms with Crippen molar-refractivity contribution in [3.8, 4) is 11.3 Å². The highest BCUT2D eigenvalue weighted by Gasteiger charge is 2.56. The lowest BCUT2D eigenvalue weighted by atomic mass is 9.95. The molecular weight excluding hydrogens is 360 g/mol. The van der Waals surface area contributed by atoms with Crippen LogP contribution in [0, 0.1) is 0 Å². The molecule has 136 valence electrons. The number of aromatic nitrogens is 1. The molecule has 2 aliphatic rings. The van der Waals surface area contributed by atoms with Crippen molar-refractivity contribution in [3.63, 3.8) is 0 Å². The van der Waals surface area contributed by atoms with Crippen LogP contribution >= 0.6 is 11.6 Å². The Morgan fingerprint density at radius 1 is 1.11 bits per heavy atom. The first kappa shape index (κ1) is 16.6. The fourth-order valence-electron chi connectivity index (χ4n) is 3.96. The summed E-state index contributed by atoms with van der Waals surface area (Å²) in [5.74, 6) is 0.811. The third-order valence-corrected chi connectivity index (χ3v) is 5.90. The maximum absolute atomic E-state index is 13.5. The number of carbonyl (C=O) groups excluding carboxylic acids is 1. The molecule has 0 N–H and O–H groups in total. The number of rotatable bonds is 3. The van der Waals surface area contributed by atoms with Gasteiger partial charge in [-0.1, -0.05) is 35.0 Å². The normalized spacial score (nSPS) is 17.4. The number of amides is 1. The standard InChI is InChI=1S/C22H19ClN2O2/c23-17-9-7-16(8-10-17)19-14-20(24-27-19)22(11-12-22)21(26)25-13-3-5-15-4-1-2-6-18(15)25/h1-2,4,6-10,14H,3,5,11-13H2. The fourth-order valence-corrected chi connectivity index (χ4v) is 4.08. The molecule has 3 aromatic rings. The summed E-state index contributed by atoms with van der Waals surface area (Å²) in [6.07, 6.45) is 3.65. The van der Waals surface area contributed by atoms with Gasteiger partial charge in [0.25, 0.3) is 0 Å². The molecule has 1 fully saturated rings. The van der Waals surface area contributed by atoms with Crippen LogP contribution in [0.4, 0.5) is 5.69 Å². The van der Waals surface area contributed by atoms with Crippen molar-refractivity contribution in [3.05, 3.63) is 70.9 Å². The molecule has 5 rings (SSSR count). The van der Waals surface area contributed by atoms with Crippen LogP contribution in [-0.2, 0) is 16.6 Å². The first-order chi connectivity index (χ1) is 13.2. The Labute approximate surface area is 162 Å². The predicted octanol–water partition coefficient (Wildman–Crippen LogP) is 5.01. The average molecular weight is 379 g/mol. The minimum Gasteiger partial charge on any atom is -0.356 e. The molecule has 1 saturated carbocycles. The molecule has 0 spiro atoms. The Bertz CT molecular complexity index is 1010. The highest BCUT2D eigenvalue weighted by atomic mass is 35.5. The molecule has 0 bridgehead atoms. The van der Waals surface area contributed by atoms with Gasteiger partial charge in [-0.25, -0.2) is 0 Å². The third-order valence-electron chi connectivity index (χ3n) is 5.64. The molecule has 0 unspecified atom stereocenters. The van der Waals surface area contributed by atoms with E-state index in [-0.39, 0.29) is 5.91 Å². The van der Waals surface area contributed by atoms with Crippen LogP contribution in [0.5, 0.6) is 0 Å². The number of hydrogen-bond acceptors (Lipinski definition) is 3. The van der Waals surface area contributed by atoms with Crippen molar-refractivity contribution in [1.82, 2.24) is 5.16 Å². The van der Waals surface area contributed by atoms with Crippen LogP contribution in [0.2, 0.25) is 5.02 Å². The first-order valence-electron chi connectivity index (χ1n) is 9.30. The second-order valence-corrected chi connectivity index (χ2v) is 7.79. The van der Waals surface area contributed by atoms with E-state index in [0.29, 0.717) is 10.8 Å². The molecule has 1 aliphatic heterocycles. The SMILES string of the molecule is O=C(N1CCCc2ccccc21)C1(c2cc(-c3ccc(Cl)cc3)on2)CC1. The molecule has 4 nitrogen and oxygen atoms in total. The molecule has 1 aliphatic carbocycles. The second-order valence-electron chi connectivity index (χ2n) is 7.35. The highest BCUT2D eigenvalue weighted by Crippen LogP contribution is 2.51. The van der Waals surface area contributed by atoms with E-state index in [4.69, 9.17) is 16.1 Å². The van der Waals surface area contributed by atoms with Gasteiger partial charge in [-0.3, -0.25) is 4.79 Å². The zero-order valence-corrected chi connectivity index (χ0v) is 15.6. The Balaban J connectivity index is 1.46. The van der Waals surface area contributed by atoms with E-state index in [1.54, 1.807) is 0 Å². The maximum Gasteiger partial charge on any atom is 0.239 e. The van der Waals surface area contributed by atoms with Crippen LogP contribution in [-0.4, -0.2) is 17.6 Å². The number of anilines is 1. The van der Waals surface area contributed by atoms with E-state index in [9.17, 15) is 4.79 Å². The molecule has 2 aromatic carbocycles. The van der Waals surface area contributed by atoms with Gasteiger partial charge >= 0.3 is 0 Å². The van der Waals surface area contributed by atoms with E-state index in [1.165, 1.54) is 5.56 Å². The lowest BCUT2D eigenvalue weighted by Crippen LogP contribution is -2.42. The van der Waals surface area contributed by atoms with Gasteiger partial charge in [0, 0.05) is 28.9 Å². The van der Waals surface area contributed by atoms with Gasteiger partial charge in [0.05, 0.1) is 11.1 Å². The third kappa shape index (κ3) is 2.76. The lowest BCUT2D eigenvalue weighted by Gasteiger charge is -2.32. The van der Waals surface area contributed by atoms with Gasteiger partial charge in [0.2, 0.25) is 5.91 Å². The topological polar surface area (TPSA) is 46.3 Å². The van der Waals surface area contributed by atoms with E-state index in [1.807, 2.05) is 53.4 Å². The van der Waals surface area contributed by atoms with Crippen molar-refractivity contribution in [2.45, 2.75) is 31.1 Å². The second kappa shape index (κ2) is 6.24. The summed E-state index contributed by atoms with van der Waals surface area (Å²) in [6.45, 7) is 0.763. The monoisotopic (exact) mass is 378 g/mol. The molecule has 0 radical (unpaired) electrons. The summed E-state index contributed by atoms with van der Waals surface area (Å²) in [4.78, 5) is 15.4. The smallest absolute Gasteiger partial charge is 0.239 e. The van der Waals surface area contributed by atoms with Gasteiger partial charge in [0.15, 0.2) is 5.76 Å². The molecule has 1 amide bonds. The number of benzene rings is 2. The number of nitrogens with zero attached hydrogens (tertiary/aromatic N) is 2. The molecule has 5 heteroatoms. The van der Waals surface area contributed by atoms with Gasteiger partial charge in [0.1, 0.15) is 0 Å². The first-order valence-corrected chi connectivity index (χ1v) is 9.68. The Morgan fingerprint density at radius 2 is 1.89 bits per heavy atom.